The van der Waals surface area contributed by atoms with Gasteiger partial charge in [-0.25, -0.2) is 0 Å². The second kappa shape index (κ2) is 5.26. The zero-order valence-electron chi connectivity index (χ0n) is 10.9. The minimum absolute atomic E-state index is 0.0183. The van der Waals surface area contributed by atoms with Gasteiger partial charge in [-0.2, -0.15) is 5.26 Å². The molecule has 3 nitrogen and oxygen atoms in total. The van der Waals surface area contributed by atoms with E-state index >= 15 is 0 Å². The zero-order chi connectivity index (χ0) is 13.9. The minimum atomic E-state index is -0.670. The van der Waals surface area contributed by atoms with E-state index in [4.69, 9.17) is 0 Å². The Morgan fingerprint density at radius 3 is 2.55 bits per heavy atom. The van der Waals surface area contributed by atoms with E-state index in [1.54, 1.807) is 24.5 Å². The maximum atomic E-state index is 12.5. The van der Waals surface area contributed by atoms with E-state index in [1.807, 2.05) is 30.3 Å². The Morgan fingerprint density at radius 1 is 1.20 bits per heavy atom. The number of carbonyl (C=O) groups excluding carboxylic acids is 1. The highest BCUT2D eigenvalue weighted by atomic mass is 16.1. The van der Waals surface area contributed by atoms with E-state index < -0.39 is 5.92 Å². The standard InChI is InChI=1S/C17H14N2O/c18-11-16(13-6-8-19-9-7-13)17(20)15-10-14(15)12-4-2-1-3-5-12/h1-9,14-16H,10H2. The summed E-state index contributed by atoms with van der Waals surface area (Å²) in [5.74, 6) is -0.374. The third kappa shape index (κ3) is 2.33. The number of rotatable bonds is 4. The van der Waals surface area contributed by atoms with E-state index in [0.29, 0.717) is 0 Å². The van der Waals surface area contributed by atoms with Crippen molar-refractivity contribution >= 4 is 5.78 Å². The van der Waals surface area contributed by atoms with Crippen molar-refractivity contribution in [1.29, 1.82) is 5.26 Å². The van der Waals surface area contributed by atoms with E-state index in [1.165, 1.54) is 5.56 Å². The summed E-state index contributed by atoms with van der Waals surface area (Å²) in [6.45, 7) is 0. The maximum Gasteiger partial charge on any atom is 0.158 e. The summed E-state index contributed by atoms with van der Waals surface area (Å²) in [7, 11) is 0. The monoisotopic (exact) mass is 262 g/mol. The van der Waals surface area contributed by atoms with Gasteiger partial charge < -0.3 is 0 Å². The van der Waals surface area contributed by atoms with E-state index in [9.17, 15) is 10.1 Å². The fourth-order valence-corrected chi connectivity index (χ4v) is 2.65. The van der Waals surface area contributed by atoms with Gasteiger partial charge in [0.15, 0.2) is 5.78 Å². The fraction of sp³-hybridized carbons (Fsp3) is 0.235. The largest absolute Gasteiger partial charge is 0.298 e. The Morgan fingerprint density at radius 2 is 1.90 bits per heavy atom. The molecule has 0 amide bonds. The topological polar surface area (TPSA) is 53.8 Å². The summed E-state index contributed by atoms with van der Waals surface area (Å²) in [5, 5.41) is 9.29. The van der Waals surface area contributed by atoms with Gasteiger partial charge in [0.2, 0.25) is 0 Å². The van der Waals surface area contributed by atoms with Crippen LogP contribution in [0.3, 0.4) is 0 Å². The molecule has 1 fully saturated rings. The highest BCUT2D eigenvalue weighted by molar-refractivity contribution is 5.93. The number of nitriles is 1. The van der Waals surface area contributed by atoms with Crippen molar-refractivity contribution in [3.63, 3.8) is 0 Å². The summed E-state index contributed by atoms with van der Waals surface area (Å²) in [5.41, 5.74) is 1.93. The summed E-state index contributed by atoms with van der Waals surface area (Å²) in [4.78, 5) is 16.4. The Hall–Kier alpha value is -2.47. The molecular weight excluding hydrogens is 248 g/mol. The summed E-state index contributed by atoms with van der Waals surface area (Å²) >= 11 is 0. The molecule has 3 heteroatoms. The first kappa shape index (κ1) is 12.6. The first-order valence-corrected chi connectivity index (χ1v) is 6.69. The molecule has 1 heterocycles. The number of hydrogen-bond donors (Lipinski definition) is 0. The van der Waals surface area contributed by atoms with Gasteiger partial charge in [-0.1, -0.05) is 30.3 Å². The van der Waals surface area contributed by atoms with Crippen LogP contribution in [0.5, 0.6) is 0 Å². The van der Waals surface area contributed by atoms with Gasteiger partial charge in [0.1, 0.15) is 5.92 Å². The first-order chi connectivity index (χ1) is 9.81. The van der Waals surface area contributed by atoms with Crippen LogP contribution in [0.2, 0.25) is 0 Å². The first-order valence-electron chi connectivity index (χ1n) is 6.69. The van der Waals surface area contributed by atoms with Crippen LogP contribution < -0.4 is 0 Å². The molecule has 98 valence electrons. The van der Waals surface area contributed by atoms with Gasteiger partial charge in [0, 0.05) is 18.3 Å². The number of benzene rings is 1. The molecule has 0 N–H and O–H groups in total. The van der Waals surface area contributed by atoms with Gasteiger partial charge in [0.25, 0.3) is 0 Å². The normalized spacial score (nSPS) is 21.8. The molecule has 0 radical (unpaired) electrons. The number of hydrogen-bond acceptors (Lipinski definition) is 3. The van der Waals surface area contributed by atoms with Crippen LogP contribution in [0.25, 0.3) is 0 Å². The zero-order valence-corrected chi connectivity index (χ0v) is 10.9. The molecule has 20 heavy (non-hydrogen) atoms. The average molecular weight is 262 g/mol. The van der Waals surface area contributed by atoms with Gasteiger partial charge in [-0.05, 0) is 35.6 Å². The summed E-state index contributed by atoms with van der Waals surface area (Å²) in [6.07, 6.45) is 4.09. The Bertz CT molecular complexity index is 646. The maximum absolute atomic E-state index is 12.5. The fourth-order valence-electron chi connectivity index (χ4n) is 2.65. The van der Waals surface area contributed by atoms with Crippen molar-refractivity contribution in [1.82, 2.24) is 4.98 Å². The van der Waals surface area contributed by atoms with Crippen LogP contribution >= 0.6 is 0 Å². The molecule has 1 saturated carbocycles. The quantitative estimate of drug-likeness (QED) is 0.850. The molecule has 0 spiro atoms. The minimum Gasteiger partial charge on any atom is -0.298 e. The molecule has 1 aromatic carbocycles. The third-order valence-corrected chi connectivity index (χ3v) is 3.84. The lowest BCUT2D eigenvalue weighted by Crippen LogP contribution is -2.13. The van der Waals surface area contributed by atoms with Crippen molar-refractivity contribution in [2.45, 2.75) is 18.3 Å². The van der Waals surface area contributed by atoms with Crippen LogP contribution in [0.1, 0.15) is 29.4 Å². The van der Waals surface area contributed by atoms with E-state index in [-0.39, 0.29) is 17.6 Å². The number of Topliss-reactive ketones (excluding diaryl/α,β-unsaturated/α-hetero) is 1. The van der Waals surface area contributed by atoms with E-state index in [2.05, 4.69) is 11.1 Å². The second-order valence-corrected chi connectivity index (χ2v) is 5.10. The number of pyridine rings is 1. The molecule has 3 atom stereocenters. The number of aromatic nitrogens is 1. The van der Waals surface area contributed by atoms with Crippen molar-refractivity contribution in [3.8, 4) is 6.07 Å². The van der Waals surface area contributed by atoms with Crippen LogP contribution in [-0.2, 0) is 4.79 Å². The lowest BCUT2D eigenvalue weighted by Gasteiger charge is -2.08. The van der Waals surface area contributed by atoms with Crippen molar-refractivity contribution in [2.24, 2.45) is 5.92 Å². The number of nitrogens with zero attached hydrogens (tertiary/aromatic N) is 2. The van der Waals surface area contributed by atoms with Gasteiger partial charge in [-0.15, -0.1) is 0 Å². The van der Waals surface area contributed by atoms with Crippen LogP contribution in [0.15, 0.2) is 54.9 Å². The van der Waals surface area contributed by atoms with E-state index in [0.717, 1.165) is 12.0 Å². The van der Waals surface area contributed by atoms with Crippen LogP contribution in [0, 0.1) is 17.2 Å². The van der Waals surface area contributed by atoms with Crippen molar-refractivity contribution in [2.75, 3.05) is 0 Å². The SMILES string of the molecule is N#CC(C(=O)C1CC1c1ccccc1)c1ccncc1. The molecule has 0 saturated heterocycles. The molecular formula is C17H14N2O. The Kier molecular flexibility index (Phi) is 3.30. The summed E-state index contributed by atoms with van der Waals surface area (Å²) < 4.78 is 0. The molecule has 0 aliphatic heterocycles. The smallest absolute Gasteiger partial charge is 0.158 e. The number of carbonyl (C=O) groups is 1. The van der Waals surface area contributed by atoms with Crippen molar-refractivity contribution < 1.29 is 4.79 Å². The molecule has 3 unspecified atom stereocenters. The number of ketones is 1. The molecule has 1 aliphatic carbocycles. The molecule has 0 bridgehead atoms. The highest BCUT2D eigenvalue weighted by Gasteiger charge is 2.46. The van der Waals surface area contributed by atoms with Gasteiger partial charge in [0.05, 0.1) is 6.07 Å². The Balaban J connectivity index is 1.76. The highest BCUT2D eigenvalue weighted by Crippen LogP contribution is 2.49. The van der Waals surface area contributed by atoms with Gasteiger partial charge >= 0.3 is 0 Å². The average Bonchev–Trinajstić information content (AvgIpc) is 3.30. The lowest BCUT2D eigenvalue weighted by atomic mass is 9.93. The molecule has 3 rings (SSSR count). The molecule has 1 aromatic heterocycles. The molecule has 2 aromatic rings. The van der Waals surface area contributed by atoms with Crippen LogP contribution in [-0.4, -0.2) is 10.8 Å². The van der Waals surface area contributed by atoms with Gasteiger partial charge in [-0.3, -0.25) is 9.78 Å². The van der Waals surface area contributed by atoms with Crippen LogP contribution in [0.4, 0.5) is 0 Å². The predicted octanol–water partition coefficient (Wildman–Crippen LogP) is 3.06. The predicted molar refractivity (Wildman–Crippen MR) is 74.9 cm³/mol. The second-order valence-electron chi connectivity index (χ2n) is 5.10. The third-order valence-electron chi connectivity index (χ3n) is 3.84. The Labute approximate surface area is 117 Å². The summed E-state index contributed by atoms with van der Waals surface area (Å²) in [6, 6.07) is 15.7. The van der Waals surface area contributed by atoms with Crippen molar-refractivity contribution in [3.05, 3.63) is 66.0 Å². The molecule has 1 aliphatic rings. The lowest BCUT2D eigenvalue weighted by molar-refractivity contribution is -0.120.